The third-order valence-electron chi connectivity index (χ3n) is 5.51. The zero-order valence-corrected chi connectivity index (χ0v) is 17.4. The fourth-order valence-electron chi connectivity index (χ4n) is 4.00. The molecule has 6 nitrogen and oxygen atoms in total. The molecule has 1 aromatic heterocycles. The van der Waals surface area contributed by atoms with Crippen LogP contribution < -0.4 is 4.90 Å². The first-order valence-electron chi connectivity index (χ1n) is 9.71. The van der Waals surface area contributed by atoms with Crippen molar-refractivity contribution in [3.8, 4) is 0 Å². The van der Waals surface area contributed by atoms with E-state index >= 15 is 0 Å². The Bertz CT molecular complexity index is 892. The van der Waals surface area contributed by atoms with Crippen molar-refractivity contribution in [2.24, 2.45) is 0 Å². The van der Waals surface area contributed by atoms with Crippen LogP contribution in [0.15, 0.2) is 52.1 Å². The number of piperazine rings is 1. The number of rotatable bonds is 4. The third-order valence-corrected chi connectivity index (χ3v) is 8.79. The van der Waals surface area contributed by atoms with Crippen LogP contribution in [0.4, 0.5) is 5.69 Å². The average Bonchev–Trinajstić information content (AvgIpc) is 3.30. The summed E-state index contributed by atoms with van der Waals surface area (Å²) in [5.41, 5.74) is 1.16. The van der Waals surface area contributed by atoms with Gasteiger partial charge in [-0.3, -0.25) is 4.79 Å². The van der Waals surface area contributed by atoms with Crippen molar-refractivity contribution >= 4 is 33.0 Å². The Balaban J connectivity index is 1.46. The number of piperidine rings is 1. The van der Waals surface area contributed by atoms with E-state index in [1.54, 1.807) is 17.5 Å². The molecule has 2 aliphatic rings. The Kier molecular flexibility index (Phi) is 5.70. The number of nitrogens with zero attached hydrogens (tertiary/aromatic N) is 3. The highest BCUT2D eigenvalue weighted by molar-refractivity contribution is 7.91. The van der Waals surface area contributed by atoms with E-state index in [1.807, 2.05) is 23.1 Å². The van der Waals surface area contributed by atoms with Gasteiger partial charge in [0.15, 0.2) is 0 Å². The van der Waals surface area contributed by atoms with Crippen LogP contribution in [0.3, 0.4) is 0 Å². The van der Waals surface area contributed by atoms with Crippen molar-refractivity contribution in [1.82, 2.24) is 9.21 Å². The Hall–Kier alpha value is -1.90. The highest BCUT2D eigenvalue weighted by Crippen LogP contribution is 2.29. The van der Waals surface area contributed by atoms with Gasteiger partial charge in [-0.1, -0.05) is 30.7 Å². The van der Waals surface area contributed by atoms with Gasteiger partial charge in [0.05, 0.1) is 0 Å². The summed E-state index contributed by atoms with van der Waals surface area (Å²) in [6, 6.07) is 13.0. The minimum atomic E-state index is -3.61. The van der Waals surface area contributed by atoms with Crippen LogP contribution in [0.2, 0.25) is 0 Å². The Morgan fingerprint density at radius 1 is 0.929 bits per heavy atom. The standard InChI is InChI=1S/C20H25N3O3S2/c24-20(22-14-12-21(13-15-22)17-7-2-1-3-8-17)18-9-4-5-11-23(18)28(25,26)19-10-6-16-27-19/h1-3,6-8,10,16,18H,4-5,9,11-15H2/t18-/m0/s1. The maximum absolute atomic E-state index is 13.2. The molecule has 1 atom stereocenters. The number of carbonyl (C=O) groups is 1. The summed E-state index contributed by atoms with van der Waals surface area (Å²) < 4.78 is 27.8. The number of amides is 1. The van der Waals surface area contributed by atoms with Crippen molar-refractivity contribution in [2.75, 3.05) is 37.6 Å². The molecule has 0 unspecified atom stereocenters. The molecule has 0 bridgehead atoms. The molecule has 1 amide bonds. The molecule has 0 N–H and O–H groups in total. The molecule has 1 aromatic carbocycles. The molecule has 8 heteroatoms. The highest BCUT2D eigenvalue weighted by Gasteiger charge is 2.40. The van der Waals surface area contributed by atoms with E-state index in [9.17, 15) is 13.2 Å². The summed E-state index contributed by atoms with van der Waals surface area (Å²) >= 11 is 1.21. The van der Waals surface area contributed by atoms with E-state index in [0.717, 1.165) is 31.6 Å². The number of benzene rings is 1. The highest BCUT2D eigenvalue weighted by atomic mass is 32.2. The Morgan fingerprint density at radius 3 is 2.36 bits per heavy atom. The average molecular weight is 420 g/mol. The summed E-state index contributed by atoms with van der Waals surface area (Å²) in [7, 11) is -3.61. The first-order chi connectivity index (χ1) is 13.6. The van der Waals surface area contributed by atoms with Gasteiger partial charge < -0.3 is 9.80 Å². The zero-order valence-electron chi connectivity index (χ0n) is 15.7. The minimum Gasteiger partial charge on any atom is -0.368 e. The van der Waals surface area contributed by atoms with Crippen molar-refractivity contribution < 1.29 is 13.2 Å². The van der Waals surface area contributed by atoms with E-state index in [0.29, 0.717) is 30.3 Å². The van der Waals surface area contributed by atoms with Gasteiger partial charge in [0, 0.05) is 38.4 Å². The molecule has 0 aliphatic carbocycles. The van der Waals surface area contributed by atoms with Crippen LogP contribution in [-0.4, -0.2) is 62.3 Å². The van der Waals surface area contributed by atoms with Gasteiger partial charge in [0.1, 0.15) is 10.3 Å². The summed E-state index contributed by atoms with van der Waals surface area (Å²) in [5.74, 6) is -0.0486. The number of hydrogen-bond donors (Lipinski definition) is 0. The predicted molar refractivity (Wildman–Crippen MR) is 111 cm³/mol. The molecule has 2 saturated heterocycles. The lowest BCUT2D eigenvalue weighted by atomic mass is 10.0. The number of thiophene rings is 1. The van der Waals surface area contributed by atoms with Gasteiger partial charge >= 0.3 is 0 Å². The molecular formula is C20H25N3O3S2. The molecule has 2 aromatic rings. The number of anilines is 1. The van der Waals surface area contributed by atoms with Gasteiger partial charge in [0.25, 0.3) is 10.0 Å². The first-order valence-corrected chi connectivity index (χ1v) is 12.0. The SMILES string of the molecule is O=C([C@@H]1CCCCN1S(=O)(=O)c1cccs1)N1CCN(c2ccccc2)CC1. The maximum atomic E-state index is 13.2. The number of sulfonamides is 1. The fraction of sp³-hybridized carbons (Fsp3) is 0.450. The van der Waals surface area contributed by atoms with Crippen LogP contribution in [0.1, 0.15) is 19.3 Å². The van der Waals surface area contributed by atoms with Gasteiger partial charge in [-0.05, 0) is 36.4 Å². The smallest absolute Gasteiger partial charge is 0.253 e. The van der Waals surface area contributed by atoms with Gasteiger partial charge in [-0.2, -0.15) is 4.31 Å². The lowest BCUT2D eigenvalue weighted by Crippen LogP contribution is -2.57. The minimum absolute atomic E-state index is 0.0486. The molecule has 0 saturated carbocycles. The van der Waals surface area contributed by atoms with E-state index < -0.39 is 16.1 Å². The van der Waals surface area contributed by atoms with E-state index in [4.69, 9.17) is 0 Å². The topological polar surface area (TPSA) is 60.9 Å². The third kappa shape index (κ3) is 3.81. The Morgan fingerprint density at radius 2 is 1.68 bits per heavy atom. The first kappa shape index (κ1) is 19.4. The van der Waals surface area contributed by atoms with Crippen molar-refractivity contribution in [3.63, 3.8) is 0 Å². The zero-order chi connectivity index (χ0) is 19.6. The quantitative estimate of drug-likeness (QED) is 0.764. The molecule has 150 valence electrons. The lowest BCUT2D eigenvalue weighted by molar-refractivity contribution is -0.136. The number of carbonyl (C=O) groups excluding carboxylic acids is 1. The monoisotopic (exact) mass is 419 g/mol. The molecule has 0 radical (unpaired) electrons. The number of para-hydroxylation sites is 1. The maximum Gasteiger partial charge on any atom is 0.253 e. The van der Waals surface area contributed by atoms with E-state index in [1.165, 1.54) is 15.6 Å². The predicted octanol–water partition coefficient (Wildman–Crippen LogP) is 2.64. The molecular weight excluding hydrogens is 394 g/mol. The second-order valence-electron chi connectivity index (χ2n) is 7.21. The van der Waals surface area contributed by atoms with Crippen LogP contribution in [-0.2, 0) is 14.8 Å². The second kappa shape index (κ2) is 8.23. The number of hydrogen-bond acceptors (Lipinski definition) is 5. The van der Waals surface area contributed by atoms with Gasteiger partial charge in [0.2, 0.25) is 5.91 Å². The van der Waals surface area contributed by atoms with Crippen LogP contribution >= 0.6 is 11.3 Å². The van der Waals surface area contributed by atoms with Crippen LogP contribution in [0, 0.1) is 0 Å². The summed E-state index contributed by atoms with van der Waals surface area (Å²) in [6.45, 7) is 3.19. The van der Waals surface area contributed by atoms with Gasteiger partial charge in [-0.25, -0.2) is 8.42 Å². The molecule has 2 fully saturated rings. The molecule has 4 rings (SSSR count). The molecule has 3 heterocycles. The van der Waals surface area contributed by atoms with Crippen molar-refractivity contribution in [2.45, 2.75) is 29.5 Å². The van der Waals surface area contributed by atoms with Crippen molar-refractivity contribution in [3.05, 3.63) is 47.8 Å². The lowest BCUT2D eigenvalue weighted by Gasteiger charge is -2.40. The van der Waals surface area contributed by atoms with E-state index in [-0.39, 0.29) is 5.91 Å². The molecule has 28 heavy (non-hydrogen) atoms. The largest absolute Gasteiger partial charge is 0.368 e. The van der Waals surface area contributed by atoms with E-state index in [2.05, 4.69) is 17.0 Å². The summed E-state index contributed by atoms with van der Waals surface area (Å²) in [6.07, 6.45) is 2.29. The van der Waals surface area contributed by atoms with Crippen molar-refractivity contribution in [1.29, 1.82) is 0 Å². The Labute approximate surface area is 170 Å². The molecule has 0 spiro atoms. The summed E-state index contributed by atoms with van der Waals surface area (Å²) in [5, 5.41) is 1.76. The second-order valence-corrected chi connectivity index (χ2v) is 10.3. The summed E-state index contributed by atoms with van der Waals surface area (Å²) in [4.78, 5) is 17.3. The van der Waals surface area contributed by atoms with Crippen LogP contribution in [0.5, 0.6) is 0 Å². The molecule has 2 aliphatic heterocycles. The van der Waals surface area contributed by atoms with Gasteiger partial charge in [-0.15, -0.1) is 11.3 Å². The fourth-order valence-corrected chi connectivity index (χ4v) is 6.77. The van der Waals surface area contributed by atoms with Crippen LogP contribution in [0.25, 0.3) is 0 Å². The normalized spacial score (nSPS) is 21.6.